The maximum atomic E-state index is 5.61. The van der Waals surface area contributed by atoms with Gasteiger partial charge < -0.3 is 18.9 Å². The largest absolute Gasteiger partial charge is 0.376 e. The lowest BCUT2D eigenvalue weighted by Crippen LogP contribution is -2.58. The van der Waals surface area contributed by atoms with Gasteiger partial charge in [-0.2, -0.15) is 0 Å². The summed E-state index contributed by atoms with van der Waals surface area (Å²) in [7, 11) is 4.83. The second kappa shape index (κ2) is 5.47. The summed E-state index contributed by atoms with van der Waals surface area (Å²) >= 11 is 0. The smallest absolute Gasteiger partial charge is 0.147 e. The molecule has 1 fully saturated rings. The first kappa shape index (κ1) is 12.5. The average Bonchev–Trinajstić information content (AvgIpc) is 2.27. The molecule has 0 aromatic carbocycles. The molecular weight excluding hydrogens is 196 g/mol. The number of hydrogen-bond acceptors (Lipinski definition) is 4. The van der Waals surface area contributed by atoms with E-state index in [9.17, 15) is 0 Å². The summed E-state index contributed by atoms with van der Waals surface area (Å²) in [4.78, 5) is 0. The van der Waals surface area contributed by atoms with Gasteiger partial charge in [0.25, 0.3) is 0 Å². The molecule has 4 nitrogen and oxygen atoms in total. The van der Waals surface area contributed by atoms with Crippen LogP contribution in [0.15, 0.2) is 0 Å². The average molecular weight is 214 g/mol. The molecule has 0 aromatic heterocycles. The Balaban J connectivity index is 2.86. The van der Waals surface area contributed by atoms with Gasteiger partial charge in [-0.05, 0) is 6.92 Å². The summed E-state index contributed by atoms with van der Waals surface area (Å²) in [6.45, 7) is 1.91. The van der Waals surface area contributed by atoms with E-state index in [-0.39, 0.29) is 30.5 Å². The standard InChI is InChI=1S/C11H18O4/c1-6-8-10(13-4)11(14-5)9(12-3)7(2)15-8/h1,7-11H,2-5H3/t7?,8-,9-,10-,11+/m0/s1. The second-order valence-corrected chi connectivity index (χ2v) is 3.53. The van der Waals surface area contributed by atoms with Crippen LogP contribution in [0.2, 0.25) is 0 Å². The molecule has 86 valence electrons. The highest BCUT2D eigenvalue weighted by Gasteiger charge is 2.44. The third-order valence-corrected chi connectivity index (χ3v) is 2.75. The molecule has 1 rings (SSSR count). The topological polar surface area (TPSA) is 36.9 Å². The highest BCUT2D eigenvalue weighted by Crippen LogP contribution is 2.26. The van der Waals surface area contributed by atoms with Gasteiger partial charge in [0.2, 0.25) is 0 Å². The molecule has 0 radical (unpaired) electrons. The maximum absolute atomic E-state index is 5.61. The van der Waals surface area contributed by atoms with Gasteiger partial charge in [0.15, 0.2) is 0 Å². The molecule has 1 heterocycles. The van der Waals surface area contributed by atoms with Crippen molar-refractivity contribution in [3.63, 3.8) is 0 Å². The van der Waals surface area contributed by atoms with Crippen LogP contribution in [0.25, 0.3) is 0 Å². The lowest BCUT2D eigenvalue weighted by molar-refractivity contribution is -0.224. The fraction of sp³-hybridized carbons (Fsp3) is 0.818. The zero-order chi connectivity index (χ0) is 11.4. The normalized spacial score (nSPS) is 41.1. The third kappa shape index (κ3) is 2.32. The summed E-state index contributed by atoms with van der Waals surface area (Å²) in [5.74, 6) is 2.56. The Morgan fingerprint density at radius 1 is 1.00 bits per heavy atom. The van der Waals surface area contributed by atoms with E-state index in [1.165, 1.54) is 0 Å². The number of ether oxygens (including phenoxy) is 4. The summed E-state index contributed by atoms with van der Waals surface area (Å²) < 4.78 is 21.6. The van der Waals surface area contributed by atoms with Crippen molar-refractivity contribution in [2.75, 3.05) is 21.3 Å². The van der Waals surface area contributed by atoms with Gasteiger partial charge in [0.1, 0.15) is 24.4 Å². The molecule has 0 spiro atoms. The van der Waals surface area contributed by atoms with E-state index in [1.54, 1.807) is 21.3 Å². The van der Waals surface area contributed by atoms with Crippen molar-refractivity contribution >= 4 is 0 Å². The molecule has 0 aromatic rings. The molecule has 15 heavy (non-hydrogen) atoms. The Labute approximate surface area is 90.8 Å². The van der Waals surface area contributed by atoms with E-state index in [4.69, 9.17) is 25.4 Å². The zero-order valence-electron chi connectivity index (χ0n) is 9.60. The van der Waals surface area contributed by atoms with Crippen LogP contribution in [0.5, 0.6) is 0 Å². The second-order valence-electron chi connectivity index (χ2n) is 3.53. The minimum Gasteiger partial charge on any atom is -0.376 e. The van der Waals surface area contributed by atoms with Crippen molar-refractivity contribution in [1.82, 2.24) is 0 Å². The van der Waals surface area contributed by atoms with E-state index in [2.05, 4.69) is 5.92 Å². The fourth-order valence-electron chi connectivity index (χ4n) is 2.00. The van der Waals surface area contributed by atoms with E-state index >= 15 is 0 Å². The number of rotatable bonds is 3. The summed E-state index contributed by atoms with van der Waals surface area (Å²) in [6.07, 6.45) is 4.24. The van der Waals surface area contributed by atoms with Gasteiger partial charge in [0, 0.05) is 21.3 Å². The number of hydrogen-bond donors (Lipinski definition) is 0. The Morgan fingerprint density at radius 2 is 1.53 bits per heavy atom. The van der Waals surface area contributed by atoms with E-state index < -0.39 is 0 Å². The molecule has 0 N–H and O–H groups in total. The van der Waals surface area contributed by atoms with Crippen molar-refractivity contribution in [3.8, 4) is 12.3 Å². The Kier molecular flexibility index (Phi) is 4.55. The maximum Gasteiger partial charge on any atom is 0.147 e. The highest BCUT2D eigenvalue weighted by atomic mass is 16.6. The fourth-order valence-corrected chi connectivity index (χ4v) is 2.00. The minimum absolute atomic E-state index is 0.104. The van der Waals surface area contributed by atoms with Crippen LogP contribution in [0.4, 0.5) is 0 Å². The molecule has 1 saturated heterocycles. The summed E-state index contributed by atoms with van der Waals surface area (Å²) in [6, 6.07) is 0. The van der Waals surface area contributed by atoms with E-state index in [0.29, 0.717) is 0 Å². The molecule has 1 aliphatic heterocycles. The Bertz CT molecular complexity index is 235. The van der Waals surface area contributed by atoms with Crippen LogP contribution in [0, 0.1) is 12.3 Å². The quantitative estimate of drug-likeness (QED) is 0.639. The number of methoxy groups -OCH3 is 3. The first-order valence-corrected chi connectivity index (χ1v) is 4.89. The first-order chi connectivity index (χ1) is 7.19. The molecule has 0 bridgehead atoms. The molecule has 0 saturated carbocycles. The summed E-state index contributed by atoms with van der Waals surface area (Å²) in [5.41, 5.74) is 0. The van der Waals surface area contributed by atoms with E-state index in [1.807, 2.05) is 6.92 Å². The monoisotopic (exact) mass is 214 g/mol. The van der Waals surface area contributed by atoms with Crippen LogP contribution in [0.1, 0.15) is 6.92 Å². The SMILES string of the molecule is C#C[C@@H]1OC(C)[C@H](OC)[C@@H](OC)[C@H]1OC. The summed E-state index contributed by atoms with van der Waals surface area (Å²) in [5, 5.41) is 0. The van der Waals surface area contributed by atoms with Crippen LogP contribution in [0.3, 0.4) is 0 Å². The Hall–Kier alpha value is -0.600. The molecule has 0 aliphatic carbocycles. The van der Waals surface area contributed by atoms with Crippen LogP contribution in [-0.2, 0) is 18.9 Å². The molecule has 5 atom stereocenters. The molecule has 0 amide bonds. The minimum atomic E-state index is -0.388. The molecular formula is C11H18O4. The van der Waals surface area contributed by atoms with Gasteiger partial charge in [-0.3, -0.25) is 0 Å². The van der Waals surface area contributed by atoms with Crippen LogP contribution >= 0.6 is 0 Å². The van der Waals surface area contributed by atoms with Crippen molar-refractivity contribution < 1.29 is 18.9 Å². The Morgan fingerprint density at radius 3 is 1.93 bits per heavy atom. The van der Waals surface area contributed by atoms with Crippen molar-refractivity contribution in [2.24, 2.45) is 0 Å². The van der Waals surface area contributed by atoms with Gasteiger partial charge in [-0.25, -0.2) is 0 Å². The van der Waals surface area contributed by atoms with E-state index in [0.717, 1.165) is 0 Å². The zero-order valence-corrected chi connectivity index (χ0v) is 9.60. The predicted octanol–water partition coefficient (Wildman–Crippen LogP) is 0.452. The molecule has 1 unspecified atom stereocenters. The molecule has 4 heteroatoms. The third-order valence-electron chi connectivity index (χ3n) is 2.75. The van der Waals surface area contributed by atoms with Gasteiger partial charge in [0.05, 0.1) is 6.10 Å². The lowest BCUT2D eigenvalue weighted by atomic mass is 9.95. The lowest BCUT2D eigenvalue weighted by Gasteiger charge is -2.42. The highest BCUT2D eigenvalue weighted by molar-refractivity contribution is 5.06. The first-order valence-electron chi connectivity index (χ1n) is 4.89. The van der Waals surface area contributed by atoms with Crippen LogP contribution < -0.4 is 0 Å². The number of terminal acetylenes is 1. The van der Waals surface area contributed by atoms with Crippen molar-refractivity contribution in [1.29, 1.82) is 0 Å². The van der Waals surface area contributed by atoms with Crippen LogP contribution in [-0.4, -0.2) is 51.8 Å². The van der Waals surface area contributed by atoms with Gasteiger partial charge in [-0.1, -0.05) is 5.92 Å². The van der Waals surface area contributed by atoms with Gasteiger partial charge >= 0.3 is 0 Å². The van der Waals surface area contributed by atoms with Gasteiger partial charge in [-0.15, -0.1) is 6.42 Å². The van der Waals surface area contributed by atoms with Crippen molar-refractivity contribution in [3.05, 3.63) is 0 Å². The van der Waals surface area contributed by atoms with Crippen molar-refractivity contribution in [2.45, 2.75) is 37.4 Å². The predicted molar refractivity (Wildman–Crippen MR) is 55.6 cm³/mol. The molecule has 1 aliphatic rings.